The molecule has 1 aliphatic rings. The molecule has 6 heteroatoms. The second kappa shape index (κ2) is 5.29. The summed E-state index contributed by atoms with van der Waals surface area (Å²) >= 11 is 0. The minimum absolute atomic E-state index is 0.00563. The summed E-state index contributed by atoms with van der Waals surface area (Å²) in [6.45, 7) is 0. The molecule has 0 spiro atoms. The normalized spacial score (nSPS) is 17.1. The summed E-state index contributed by atoms with van der Waals surface area (Å²) in [5, 5.41) is 0. The fraction of sp³-hybridized carbons (Fsp3) is 0.125. The van der Waals surface area contributed by atoms with Crippen LogP contribution in [0, 0.1) is 23.4 Å². The van der Waals surface area contributed by atoms with Crippen LogP contribution in [0.2, 0.25) is 0 Å². The van der Waals surface area contributed by atoms with E-state index in [-0.39, 0.29) is 23.3 Å². The molecule has 0 aromatic heterocycles. The molecule has 3 nitrogen and oxygen atoms in total. The first-order chi connectivity index (χ1) is 10.5. The van der Waals surface area contributed by atoms with Crippen molar-refractivity contribution in [2.75, 3.05) is 0 Å². The van der Waals surface area contributed by atoms with Crippen molar-refractivity contribution in [1.29, 1.82) is 0 Å². The van der Waals surface area contributed by atoms with Crippen LogP contribution >= 0.6 is 0 Å². The van der Waals surface area contributed by atoms with Gasteiger partial charge in [-0.3, -0.25) is 9.59 Å². The summed E-state index contributed by atoms with van der Waals surface area (Å²) in [5.41, 5.74) is 0.237. The molecular formula is C16H9F3O3. The minimum atomic E-state index is -1.59. The minimum Gasteiger partial charge on any atom is -0.425 e. The van der Waals surface area contributed by atoms with E-state index in [4.69, 9.17) is 4.74 Å². The molecule has 0 saturated carbocycles. The number of esters is 1. The van der Waals surface area contributed by atoms with Crippen LogP contribution in [0.1, 0.15) is 15.9 Å². The van der Waals surface area contributed by atoms with Crippen molar-refractivity contribution in [2.24, 2.45) is 5.92 Å². The van der Waals surface area contributed by atoms with Gasteiger partial charge < -0.3 is 4.74 Å². The molecule has 22 heavy (non-hydrogen) atoms. The van der Waals surface area contributed by atoms with Crippen LogP contribution in [-0.4, -0.2) is 11.8 Å². The quantitative estimate of drug-likeness (QED) is 0.371. The van der Waals surface area contributed by atoms with Crippen molar-refractivity contribution in [3.8, 4) is 5.75 Å². The number of Topliss-reactive ketones (excluding diaryl/α,β-unsaturated/α-hetero) is 1. The zero-order chi connectivity index (χ0) is 15.9. The smallest absolute Gasteiger partial charge is 0.322 e. The highest BCUT2D eigenvalue weighted by Gasteiger charge is 2.36. The summed E-state index contributed by atoms with van der Waals surface area (Å²) in [6, 6.07) is 7.75. The Bertz CT molecular complexity index is 763. The number of hydrogen-bond donors (Lipinski definition) is 0. The van der Waals surface area contributed by atoms with Gasteiger partial charge in [-0.25, -0.2) is 13.2 Å². The zero-order valence-corrected chi connectivity index (χ0v) is 11.1. The lowest BCUT2D eigenvalue weighted by Crippen LogP contribution is -2.34. The van der Waals surface area contributed by atoms with Crippen molar-refractivity contribution in [2.45, 2.75) is 6.42 Å². The Hall–Kier alpha value is -2.63. The van der Waals surface area contributed by atoms with Gasteiger partial charge in [-0.15, -0.1) is 0 Å². The maximum atomic E-state index is 13.2. The van der Waals surface area contributed by atoms with E-state index in [1.54, 1.807) is 12.1 Å². The van der Waals surface area contributed by atoms with E-state index >= 15 is 0 Å². The van der Waals surface area contributed by atoms with Crippen molar-refractivity contribution in [3.05, 3.63) is 65.0 Å². The number of rotatable bonds is 2. The van der Waals surface area contributed by atoms with Crippen LogP contribution in [0.15, 0.2) is 36.4 Å². The van der Waals surface area contributed by atoms with Gasteiger partial charge in [0.25, 0.3) is 0 Å². The Balaban J connectivity index is 1.93. The fourth-order valence-electron chi connectivity index (χ4n) is 2.37. The first-order valence-corrected chi connectivity index (χ1v) is 6.45. The van der Waals surface area contributed by atoms with Gasteiger partial charge in [0.2, 0.25) is 0 Å². The second-order valence-corrected chi connectivity index (χ2v) is 4.91. The van der Waals surface area contributed by atoms with E-state index in [9.17, 15) is 22.8 Å². The molecule has 112 valence electrons. The summed E-state index contributed by atoms with van der Waals surface area (Å²) in [6.07, 6.45) is -0.264. The predicted molar refractivity (Wildman–Crippen MR) is 69.9 cm³/mol. The molecule has 1 unspecified atom stereocenters. The van der Waals surface area contributed by atoms with Gasteiger partial charge in [0.05, 0.1) is 5.56 Å². The lowest BCUT2D eigenvalue weighted by molar-refractivity contribution is -0.137. The number of ether oxygens (including phenoxy) is 1. The molecule has 3 rings (SSSR count). The monoisotopic (exact) mass is 306 g/mol. The van der Waals surface area contributed by atoms with Gasteiger partial charge in [-0.05, 0) is 36.2 Å². The van der Waals surface area contributed by atoms with E-state index in [1.165, 1.54) is 12.1 Å². The number of carbonyl (C=O) groups is 2. The first-order valence-electron chi connectivity index (χ1n) is 6.45. The SMILES string of the molecule is O=C1Oc2ccccc2C(=O)C1Cc1cc(F)c(F)c(F)c1. The number of carbonyl (C=O) groups excluding carboxylic acids is 2. The number of para-hydroxylation sites is 1. The van der Waals surface area contributed by atoms with Crippen LogP contribution in [-0.2, 0) is 11.2 Å². The van der Waals surface area contributed by atoms with E-state index in [0.717, 1.165) is 12.1 Å². The Morgan fingerprint density at radius 3 is 2.32 bits per heavy atom. The van der Waals surface area contributed by atoms with Gasteiger partial charge in [0.1, 0.15) is 11.7 Å². The summed E-state index contributed by atoms with van der Waals surface area (Å²) < 4.78 is 44.4. The molecule has 1 atom stereocenters. The molecule has 1 aliphatic heterocycles. The Morgan fingerprint density at radius 1 is 1.00 bits per heavy atom. The fourth-order valence-corrected chi connectivity index (χ4v) is 2.37. The molecular weight excluding hydrogens is 297 g/mol. The third-order valence-electron chi connectivity index (χ3n) is 3.45. The average molecular weight is 306 g/mol. The summed E-state index contributed by atoms with van der Waals surface area (Å²) in [7, 11) is 0. The second-order valence-electron chi connectivity index (χ2n) is 4.91. The van der Waals surface area contributed by atoms with E-state index in [1.807, 2.05) is 0 Å². The maximum Gasteiger partial charge on any atom is 0.322 e. The third kappa shape index (κ3) is 2.36. The molecule has 0 bridgehead atoms. The molecule has 0 N–H and O–H groups in total. The topological polar surface area (TPSA) is 43.4 Å². The van der Waals surface area contributed by atoms with Gasteiger partial charge >= 0.3 is 5.97 Å². The van der Waals surface area contributed by atoms with Crippen LogP contribution < -0.4 is 4.74 Å². The van der Waals surface area contributed by atoms with E-state index < -0.39 is 35.1 Å². The highest BCUT2D eigenvalue weighted by atomic mass is 19.2. The molecule has 0 saturated heterocycles. The van der Waals surface area contributed by atoms with Gasteiger partial charge in [0, 0.05) is 0 Å². The lowest BCUT2D eigenvalue weighted by Gasteiger charge is -2.22. The summed E-state index contributed by atoms with van der Waals surface area (Å²) in [5.74, 6) is -6.67. The molecule has 1 heterocycles. The number of benzene rings is 2. The van der Waals surface area contributed by atoms with Crippen molar-refractivity contribution >= 4 is 11.8 Å². The number of fused-ring (bicyclic) bond motifs is 1. The number of ketones is 1. The molecule has 0 aliphatic carbocycles. The molecule has 0 radical (unpaired) electrons. The first kappa shape index (κ1) is 14.3. The number of halogens is 3. The molecule has 0 fully saturated rings. The van der Waals surface area contributed by atoms with Crippen LogP contribution in [0.4, 0.5) is 13.2 Å². The molecule has 2 aromatic carbocycles. The highest BCUT2D eigenvalue weighted by Crippen LogP contribution is 2.30. The molecule has 0 amide bonds. The van der Waals surface area contributed by atoms with Gasteiger partial charge in [-0.1, -0.05) is 12.1 Å². The Morgan fingerprint density at radius 2 is 1.64 bits per heavy atom. The summed E-state index contributed by atoms with van der Waals surface area (Å²) in [4.78, 5) is 24.2. The van der Waals surface area contributed by atoms with Gasteiger partial charge in [0.15, 0.2) is 23.2 Å². The largest absolute Gasteiger partial charge is 0.425 e. The maximum absolute atomic E-state index is 13.2. The van der Waals surface area contributed by atoms with Crippen molar-refractivity contribution in [3.63, 3.8) is 0 Å². The van der Waals surface area contributed by atoms with Crippen molar-refractivity contribution < 1.29 is 27.5 Å². The Labute approximate surface area is 123 Å². The average Bonchev–Trinajstić information content (AvgIpc) is 2.49. The highest BCUT2D eigenvalue weighted by molar-refractivity contribution is 6.13. The van der Waals surface area contributed by atoms with Crippen LogP contribution in [0.25, 0.3) is 0 Å². The molecule has 2 aromatic rings. The van der Waals surface area contributed by atoms with E-state index in [0.29, 0.717) is 0 Å². The number of hydrogen-bond acceptors (Lipinski definition) is 3. The van der Waals surface area contributed by atoms with Gasteiger partial charge in [-0.2, -0.15) is 0 Å². The van der Waals surface area contributed by atoms with Crippen LogP contribution in [0.5, 0.6) is 5.75 Å². The zero-order valence-electron chi connectivity index (χ0n) is 11.1. The third-order valence-corrected chi connectivity index (χ3v) is 3.45. The standard InChI is InChI=1S/C16H9F3O3/c17-11-6-8(7-12(18)14(11)19)5-10-15(20)9-3-1-2-4-13(9)22-16(10)21/h1-4,6-7,10H,5H2. The van der Waals surface area contributed by atoms with E-state index in [2.05, 4.69) is 0 Å². The van der Waals surface area contributed by atoms with Crippen molar-refractivity contribution in [1.82, 2.24) is 0 Å². The van der Waals surface area contributed by atoms with Crippen LogP contribution in [0.3, 0.4) is 0 Å². The predicted octanol–water partition coefficient (Wildman–Crippen LogP) is 3.06. The lowest BCUT2D eigenvalue weighted by atomic mass is 9.89. The Kier molecular flexibility index (Phi) is 3.44.